The molecule has 0 aliphatic heterocycles. The van der Waals surface area contributed by atoms with Crippen LogP contribution in [0.5, 0.6) is 0 Å². The van der Waals surface area contributed by atoms with E-state index in [9.17, 15) is 4.79 Å². The molecule has 108 valence electrons. The molecule has 5 heteroatoms. The van der Waals surface area contributed by atoms with Crippen molar-refractivity contribution in [3.8, 4) is 0 Å². The van der Waals surface area contributed by atoms with Crippen molar-refractivity contribution in [3.05, 3.63) is 40.4 Å². The predicted molar refractivity (Wildman–Crippen MR) is 83.7 cm³/mol. The van der Waals surface area contributed by atoms with E-state index < -0.39 is 0 Å². The van der Waals surface area contributed by atoms with Crippen LogP contribution in [0.4, 0.5) is 5.82 Å². The van der Waals surface area contributed by atoms with Crippen LogP contribution in [0, 0.1) is 6.92 Å². The molecule has 0 saturated heterocycles. The summed E-state index contributed by atoms with van der Waals surface area (Å²) < 4.78 is 5.39. The number of aromatic nitrogens is 2. The number of aryl methyl sites for hydroxylation is 1. The minimum Gasteiger partial charge on any atom is -0.422 e. The summed E-state index contributed by atoms with van der Waals surface area (Å²) in [6, 6.07) is 6.95. The predicted octanol–water partition coefficient (Wildman–Crippen LogP) is 3.26. The number of hydrogen-bond acceptors (Lipinski definition) is 5. The molecule has 0 unspecified atom stereocenters. The van der Waals surface area contributed by atoms with Gasteiger partial charge in [-0.25, -0.2) is 14.8 Å². The van der Waals surface area contributed by atoms with Gasteiger partial charge in [-0.2, -0.15) is 0 Å². The highest BCUT2D eigenvalue weighted by Gasteiger charge is 2.11. The molecule has 0 aromatic carbocycles. The van der Waals surface area contributed by atoms with Crippen molar-refractivity contribution in [2.45, 2.75) is 26.7 Å². The van der Waals surface area contributed by atoms with Crippen LogP contribution in [0.3, 0.4) is 0 Å². The van der Waals surface area contributed by atoms with Gasteiger partial charge in [0.2, 0.25) is 0 Å². The Kier molecular flexibility index (Phi) is 3.56. The topological polar surface area (TPSA) is 68.0 Å². The fourth-order valence-electron chi connectivity index (χ4n) is 2.29. The van der Waals surface area contributed by atoms with Gasteiger partial charge in [-0.05, 0) is 31.5 Å². The van der Waals surface area contributed by atoms with Crippen molar-refractivity contribution >= 4 is 27.8 Å². The summed E-state index contributed by atoms with van der Waals surface area (Å²) in [6.45, 7) is 4.88. The molecule has 1 N–H and O–H groups in total. The average Bonchev–Trinajstić information content (AvgIpc) is 2.47. The molecular formula is C16H17N3O2. The van der Waals surface area contributed by atoms with E-state index in [-0.39, 0.29) is 5.63 Å². The summed E-state index contributed by atoms with van der Waals surface area (Å²) >= 11 is 0. The van der Waals surface area contributed by atoms with Gasteiger partial charge in [-0.1, -0.05) is 13.3 Å². The highest BCUT2D eigenvalue weighted by atomic mass is 16.4. The molecule has 3 aromatic heterocycles. The van der Waals surface area contributed by atoms with Gasteiger partial charge in [-0.3, -0.25) is 0 Å². The lowest BCUT2D eigenvalue weighted by molar-refractivity contribution is 0.564. The van der Waals surface area contributed by atoms with Crippen molar-refractivity contribution in [3.63, 3.8) is 0 Å². The number of hydrogen-bond donors (Lipinski definition) is 1. The molecule has 0 fully saturated rings. The number of fused-ring (bicyclic) bond motifs is 3. The molecule has 21 heavy (non-hydrogen) atoms. The first-order valence-corrected chi connectivity index (χ1v) is 7.14. The van der Waals surface area contributed by atoms with Gasteiger partial charge >= 0.3 is 5.63 Å². The highest BCUT2D eigenvalue weighted by Crippen LogP contribution is 2.27. The summed E-state index contributed by atoms with van der Waals surface area (Å²) in [4.78, 5) is 20.6. The molecule has 3 aromatic rings. The lowest BCUT2D eigenvalue weighted by Gasteiger charge is -2.10. The van der Waals surface area contributed by atoms with Gasteiger partial charge in [0, 0.05) is 18.3 Å². The van der Waals surface area contributed by atoms with Crippen LogP contribution < -0.4 is 10.9 Å². The normalized spacial score (nSPS) is 11.1. The van der Waals surface area contributed by atoms with Gasteiger partial charge in [0.25, 0.3) is 0 Å². The van der Waals surface area contributed by atoms with Crippen molar-refractivity contribution in [2.24, 2.45) is 0 Å². The number of anilines is 1. The van der Waals surface area contributed by atoms with Gasteiger partial charge < -0.3 is 9.73 Å². The van der Waals surface area contributed by atoms with Crippen molar-refractivity contribution < 1.29 is 4.42 Å². The van der Waals surface area contributed by atoms with E-state index in [4.69, 9.17) is 4.42 Å². The Morgan fingerprint density at radius 1 is 1.14 bits per heavy atom. The first-order valence-electron chi connectivity index (χ1n) is 7.14. The lowest BCUT2D eigenvalue weighted by atomic mass is 10.2. The maximum Gasteiger partial charge on any atom is 0.336 e. The van der Waals surface area contributed by atoms with Crippen LogP contribution in [0.1, 0.15) is 25.5 Å². The second kappa shape index (κ2) is 5.52. The number of nitrogens with one attached hydrogen (secondary N) is 1. The fraction of sp³-hybridized carbons (Fsp3) is 0.312. The van der Waals surface area contributed by atoms with E-state index in [1.807, 2.05) is 19.1 Å². The van der Waals surface area contributed by atoms with Crippen molar-refractivity contribution in [1.29, 1.82) is 0 Å². The molecule has 0 amide bonds. The van der Waals surface area contributed by atoms with Crippen LogP contribution in [0.2, 0.25) is 0 Å². The molecule has 5 nitrogen and oxygen atoms in total. The molecular weight excluding hydrogens is 266 g/mol. The summed E-state index contributed by atoms with van der Waals surface area (Å²) in [5.41, 5.74) is 1.65. The van der Waals surface area contributed by atoms with E-state index in [0.29, 0.717) is 17.0 Å². The summed E-state index contributed by atoms with van der Waals surface area (Å²) in [5.74, 6) is 0.716. The lowest BCUT2D eigenvalue weighted by Crippen LogP contribution is -2.06. The SMILES string of the molecule is CCCCNc1nc2nc(C)ccc2c2oc(=O)ccc12. The molecule has 0 aliphatic rings. The number of pyridine rings is 2. The monoisotopic (exact) mass is 283 g/mol. The molecule has 0 saturated carbocycles. The van der Waals surface area contributed by atoms with Crippen LogP contribution >= 0.6 is 0 Å². The molecule has 3 heterocycles. The van der Waals surface area contributed by atoms with Crippen molar-refractivity contribution in [2.75, 3.05) is 11.9 Å². The van der Waals surface area contributed by atoms with Gasteiger partial charge in [0.1, 0.15) is 5.82 Å². The van der Waals surface area contributed by atoms with Gasteiger partial charge in [-0.15, -0.1) is 0 Å². The quantitative estimate of drug-likeness (QED) is 0.588. The molecule has 0 aliphatic carbocycles. The van der Waals surface area contributed by atoms with Crippen LogP contribution in [0.15, 0.2) is 33.5 Å². The Bertz CT molecular complexity index is 855. The van der Waals surface area contributed by atoms with E-state index in [1.165, 1.54) is 6.07 Å². The molecule has 0 radical (unpaired) electrons. The third-order valence-electron chi connectivity index (χ3n) is 3.39. The molecule has 0 atom stereocenters. The maximum absolute atomic E-state index is 11.5. The second-order valence-corrected chi connectivity index (χ2v) is 5.06. The average molecular weight is 283 g/mol. The van der Waals surface area contributed by atoms with Crippen molar-refractivity contribution in [1.82, 2.24) is 9.97 Å². The zero-order valence-electron chi connectivity index (χ0n) is 12.1. The zero-order chi connectivity index (χ0) is 14.8. The smallest absolute Gasteiger partial charge is 0.336 e. The first-order chi connectivity index (χ1) is 10.2. The number of unbranched alkanes of at least 4 members (excludes halogenated alkanes) is 1. The number of nitrogens with zero attached hydrogens (tertiary/aromatic N) is 2. The Labute approximate surface area is 122 Å². The van der Waals surface area contributed by atoms with Gasteiger partial charge in [0.15, 0.2) is 11.2 Å². The molecule has 0 bridgehead atoms. The summed E-state index contributed by atoms with van der Waals surface area (Å²) in [7, 11) is 0. The summed E-state index contributed by atoms with van der Waals surface area (Å²) in [6.07, 6.45) is 2.16. The van der Waals surface area contributed by atoms with E-state index in [2.05, 4.69) is 22.2 Å². The maximum atomic E-state index is 11.5. The van der Waals surface area contributed by atoms with Crippen LogP contribution in [-0.4, -0.2) is 16.5 Å². The second-order valence-electron chi connectivity index (χ2n) is 5.06. The minimum atomic E-state index is -0.366. The Morgan fingerprint density at radius 2 is 1.95 bits per heavy atom. The first kappa shape index (κ1) is 13.5. The van der Waals surface area contributed by atoms with E-state index >= 15 is 0 Å². The third kappa shape index (κ3) is 2.59. The minimum absolute atomic E-state index is 0.366. The highest BCUT2D eigenvalue weighted by molar-refractivity contribution is 6.05. The molecule has 3 rings (SSSR count). The van der Waals surface area contributed by atoms with Gasteiger partial charge in [0.05, 0.1) is 10.8 Å². The fourth-order valence-corrected chi connectivity index (χ4v) is 2.29. The largest absolute Gasteiger partial charge is 0.422 e. The summed E-state index contributed by atoms with van der Waals surface area (Å²) in [5, 5.41) is 4.87. The van der Waals surface area contributed by atoms with Crippen LogP contribution in [-0.2, 0) is 0 Å². The number of rotatable bonds is 4. The zero-order valence-corrected chi connectivity index (χ0v) is 12.1. The Morgan fingerprint density at radius 3 is 2.76 bits per heavy atom. The van der Waals surface area contributed by atoms with E-state index in [0.717, 1.165) is 35.9 Å². The Hall–Kier alpha value is -2.43. The standard InChI is InChI=1S/C16H17N3O2/c1-3-4-9-17-15-11-7-8-13(20)21-14(11)12-6-5-10(2)18-16(12)19-15/h5-8H,3-4,9H2,1-2H3,(H,17,18,19). The third-order valence-corrected chi connectivity index (χ3v) is 3.39. The Balaban J connectivity index is 2.26. The van der Waals surface area contributed by atoms with E-state index in [1.54, 1.807) is 6.07 Å². The molecule has 0 spiro atoms. The van der Waals surface area contributed by atoms with Crippen LogP contribution in [0.25, 0.3) is 22.0 Å².